The molecule has 0 radical (unpaired) electrons. The number of carbonyl (C=O) groups is 1. The van der Waals surface area contributed by atoms with Crippen LogP contribution in [0.4, 0.5) is 10.1 Å². The summed E-state index contributed by atoms with van der Waals surface area (Å²) in [7, 11) is 0. The molecule has 2 aromatic rings. The molecule has 1 atom stereocenters. The normalized spacial score (nSPS) is 17.1. The van der Waals surface area contributed by atoms with Gasteiger partial charge in [-0.3, -0.25) is 14.9 Å². The number of nitro benzene ring substituents is 1. The molecule has 1 heterocycles. The molecule has 3 rings (SSSR count). The Bertz CT molecular complexity index is 794. The van der Waals surface area contributed by atoms with Crippen molar-refractivity contribution in [1.82, 2.24) is 4.90 Å². The first-order valence-electron chi connectivity index (χ1n) is 8.43. The van der Waals surface area contributed by atoms with E-state index in [4.69, 9.17) is 4.74 Å². The Morgan fingerprint density at radius 2 is 2.04 bits per heavy atom. The number of ether oxygens (including phenoxy) is 1. The van der Waals surface area contributed by atoms with Gasteiger partial charge in [-0.05, 0) is 42.7 Å². The highest BCUT2D eigenvalue weighted by Crippen LogP contribution is 2.19. The van der Waals surface area contributed by atoms with Gasteiger partial charge in [-0.15, -0.1) is 0 Å². The Hall–Kier alpha value is -2.80. The summed E-state index contributed by atoms with van der Waals surface area (Å²) in [5.74, 6) is -0.521. The van der Waals surface area contributed by atoms with Crippen LogP contribution in [0.2, 0.25) is 0 Å². The lowest BCUT2D eigenvalue weighted by Crippen LogP contribution is -2.43. The van der Waals surface area contributed by atoms with Crippen LogP contribution in [-0.4, -0.2) is 34.9 Å². The molecule has 0 N–H and O–H groups in total. The van der Waals surface area contributed by atoms with Gasteiger partial charge in [0, 0.05) is 30.8 Å². The van der Waals surface area contributed by atoms with E-state index in [0.29, 0.717) is 18.7 Å². The molecule has 0 aliphatic carbocycles. The van der Waals surface area contributed by atoms with Crippen LogP contribution in [0.25, 0.3) is 0 Å². The first kappa shape index (κ1) is 18.0. The Balaban J connectivity index is 1.58. The molecule has 0 spiro atoms. The third-order valence-electron chi connectivity index (χ3n) is 4.36. The van der Waals surface area contributed by atoms with E-state index in [-0.39, 0.29) is 30.1 Å². The largest absolute Gasteiger partial charge is 0.372 e. The van der Waals surface area contributed by atoms with Crippen molar-refractivity contribution >= 4 is 11.6 Å². The molecule has 1 amide bonds. The standard InChI is InChI=1S/C19H19FN2O4/c20-16-8-6-15(7-9-16)19(23)21-10-2-5-18(12-21)26-13-14-3-1-4-17(11-14)22(24)25/h1,3-4,6-9,11,18H,2,5,10,12-13H2/t18-/m0/s1. The van der Waals surface area contributed by atoms with Gasteiger partial charge < -0.3 is 9.64 Å². The fourth-order valence-corrected chi connectivity index (χ4v) is 3.01. The second kappa shape index (κ2) is 8.05. The highest BCUT2D eigenvalue weighted by Gasteiger charge is 2.25. The Kier molecular flexibility index (Phi) is 5.58. The lowest BCUT2D eigenvalue weighted by Gasteiger charge is -2.32. The van der Waals surface area contributed by atoms with Gasteiger partial charge in [-0.25, -0.2) is 4.39 Å². The Morgan fingerprint density at radius 1 is 1.27 bits per heavy atom. The van der Waals surface area contributed by atoms with E-state index in [9.17, 15) is 19.3 Å². The molecule has 1 fully saturated rings. The highest BCUT2D eigenvalue weighted by atomic mass is 19.1. The number of piperidine rings is 1. The molecular formula is C19H19FN2O4. The van der Waals surface area contributed by atoms with Crippen molar-refractivity contribution in [3.63, 3.8) is 0 Å². The first-order chi connectivity index (χ1) is 12.5. The lowest BCUT2D eigenvalue weighted by molar-refractivity contribution is -0.385. The van der Waals surface area contributed by atoms with Crippen LogP contribution in [0.3, 0.4) is 0 Å². The summed E-state index contributed by atoms with van der Waals surface area (Å²) < 4.78 is 18.9. The summed E-state index contributed by atoms with van der Waals surface area (Å²) in [6.45, 7) is 1.34. The quantitative estimate of drug-likeness (QED) is 0.605. The van der Waals surface area contributed by atoms with Crippen molar-refractivity contribution in [1.29, 1.82) is 0 Å². The third-order valence-corrected chi connectivity index (χ3v) is 4.36. The SMILES string of the molecule is O=C(c1ccc(F)cc1)N1CCC[C@H](OCc2cccc([N+](=O)[O-])c2)C1. The molecule has 26 heavy (non-hydrogen) atoms. The zero-order valence-electron chi connectivity index (χ0n) is 14.1. The molecule has 0 bridgehead atoms. The van der Waals surface area contributed by atoms with Crippen LogP contribution in [0.15, 0.2) is 48.5 Å². The van der Waals surface area contributed by atoms with Crippen LogP contribution < -0.4 is 0 Å². The van der Waals surface area contributed by atoms with E-state index in [1.807, 2.05) is 0 Å². The summed E-state index contributed by atoms with van der Waals surface area (Å²) in [6, 6.07) is 11.8. The molecule has 7 heteroatoms. The molecule has 0 unspecified atom stereocenters. The summed E-state index contributed by atoms with van der Waals surface area (Å²) >= 11 is 0. The number of benzene rings is 2. The van der Waals surface area contributed by atoms with E-state index in [1.165, 1.54) is 36.4 Å². The van der Waals surface area contributed by atoms with Crippen LogP contribution in [0, 0.1) is 15.9 Å². The molecule has 136 valence electrons. The number of carbonyl (C=O) groups excluding carboxylic acids is 1. The fraction of sp³-hybridized carbons (Fsp3) is 0.316. The fourth-order valence-electron chi connectivity index (χ4n) is 3.01. The molecule has 1 aliphatic rings. The van der Waals surface area contributed by atoms with E-state index in [1.54, 1.807) is 17.0 Å². The third kappa shape index (κ3) is 4.43. The average Bonchev–Trinajstić information content (AvgIpc) is 2.67. The number of rotatable bonds is 5. The average molecular weight is 358 g/mol. The number of amides is 1. The van der Waals surface area contributed by atoms with Crippen LogP contribution in [-0.2, 0) is 11.3 Å². The van der Waals surface area contributed by atoms with Crippen molar-refractivity contribution in [3.8, 4) is 0 Å². The van der Waals surface area contributed by atoms with Gasteiger partial charge in [0.25, 0.3) is 11.6 Å². The first-order valence-corrected chi connectivity index (χ1v) is 8.43. The summed E-state index contributed by atoms with van der Waals surface area (Å²) in [6.07, 6.45) is 1.50. The van der Waals surface area contributed by atoms with Gasteiger partial charge in [-0.1, -0.05) is 12.1 Å². The monoisotopic (exact) mass is 358 g/mol. The van der Waals surface area contributed by atoms with E-state index >= 15 is 0 Å². The number of nitro groups is 1. The minimum absolute atomic E-state index is 0.0304. The summed E-state index contributed by atoms with van der Waals surface area (Å²) in [5.41, 5.74) is 1.20. The van der Waals surface area contributed by atoms with Gasteiger partial charge in [0.15, 0.2) is 0 Å². The smallest absolute Gasteiger partial charge is 0.269 e. The lowest BCUT2D eigenvalue weighted by atomic mass is 10.1. The zero-order valence-corrected chi connectivity index (χ0v) is 14.1. The maximum atomic E-state index is 13.0. The summed E-state index contributed by atoms with van der Waals surface area (Å²) in [5, 5.41) is 10.8. The minimum Gasteiger partial charge on any atom is -0.372 e. The maximum Gasteiger partial charge on any atom is 0.269 e. The number of hydrogen-bond donors (Lipinski definition) is 0. The van der Waals surface area contributed by atoms with Gasteiger partial charge in [-0.2, -0.15) is 0 Å². The van der Waals surface area contributed by atoms with Crippen molar-refractivity contribution in [2.75, 3.05) is 13.1 Å². The van der Waals surface area contributed by atoms with Crippen molar-refractivity contribution in [2.45, 2.75) is 25.6 Å². The van der Waals surface area contributed by atoms with Crippen LogP contribution in [0.5, 0.6) is 0 Å². The van der Waals surface area contributed by atoms with E-state index < -0.39 is 4.92 Å². The minimum atomic E-state index is -0.437. The molecule has 1 aliphatic heterocycles. The van der Waals surface area contributed by atoms with Crippen molar-refractivity contribution in [2.24, 2.45) is 0 Å². The highest BCUT2D eigenvalue weighted by molar-refractivity contribution is 5.94. The molecular weight excluding hydrogens is 339 g/mol. The Morgan fingerprint density at radius 3 is 2.77 bits per heavy atom. The second-order valence-electron chi connectivity index (χ2n) is 6.26. The number of halogens is 1. The molecule has 0 saturated carbocycles. The maximum absolute atomic E-state index is 13.0. The molecule has 0 aromatic heterocycles. The number of nitrogens with zero attached hydrogens (tertiary/aromatic N) is 2. The van der Waals surface area contributed by atoms with Crippen LogP contribution >= 0.6 is 0 Å². The molecule has 2 aromatic carbocycles. The number of hydrogen-bond acceptors (Lipinski definition) is 4. The topological polar surface area (TPSA) is 72.7 Å². The molecule has 6 nitrogen and oxygen atoms in total. The second-order valence-corrected chi connectivity index (χ2v) is 6.26. The van der Waals surface area contributed by atoms with Gasteiger partial charge in [0.05, 0.1) is 17.6 Å². The predicted octanol–water partition coefficient (Wildman–Crippen LogP) is 3.56. The van der Waals surface area contributed by atoms with E-state index in [0.717, 1.165) is 18.4 Å². The predicted molar refractivity (Wildman–Crippen MR) is 93.2 cm³/mol. The van der Waals surface area contributed by atoms with Gasteiger partial charge >= 0.3 is 0 Å². The van der Waals surface area contributed by atoms with Crippen molar-refractivity contribution < 1.29 is 18.8 Å². The number of non-ortho nitro benzene ring substituents is 1. The number of likely N-dealkylation sites (tertiary alicyclic amines) is 1. The Labute approximate surface area is 150 Å². The zero-order chi connectivity index (χ0) is 18.5. The van der Waals surface area contributed by atoms with Gasteiger partial charge in [0.1, 0.15) is 5.82 Å². The summed E-state index contributed by atoms with van der Waals surface area (Å²) in [4.78, 5) is 24.6. The van der Waals surface area contributed by atoms with Crippen molar-refractivity contribution in [3.05, 3.63) is 75.6 Å². The van der Waals surface area contributed by atoms with E-state index in [2.05, 4.69) is 0 Å². The van der Waals surface area contributed by atoms with Crippen LogP contribution in [0.1, 0.15) is 28.8 Å². The molecule has 1 saturated heterocycles. The van der Waals surface area contributed by atoms with Gasteiger partial charge in [0.2, 0.25) is 0 Å².